The fourth-order valence-electron chi connectivity index (χ4n) is 4.92. The SMILES string of the molecule is CC(=O)N1CCN(Cc2ccc(NC(=O)[C@H]3CCCN3C3CCOCC3)cc2)CC1. The smallest absolute Gasteiger partial charge is 0.241 e. The number of rotatable bonds is 5. The van der Waals surface area contributed by atoms with Gasteiger partial charge >= 0.3 is 0 Å². The first-order valence-corrected chi connectivity index (χ1v) is 11.3. The van der Waals surface area contributed by atoms with Gasteiger partial charge in [-0.2, -0.15) is 0 Å². The molecule has 2 amide bonds. The third-order valence-corrected chi connectivity index (χ3v) is 6.70. The number of ether oxygens (including phenoxy) is 1. The lowest BCUT2D eigenvalue weighted by molar-refractivity contribution is -0.130. The number of nitrogens with zero attached hydrogens (tertiary/aromatic N) is 3. The summed E-state index contributed by atoms with van der Waals surface area (Å²) < 4.78 is 5.48. The summed E-state index contributed by atoms with van der Waals surface area (Å²) in [6.07, 6.45) is 4.08. The van der Waals surface area contributed by atoms with Crippen LogP contribution in [-0.4, -0.2) is 84.5 Å². The van der Waals surface area contributed by atoms with Gasteiger partial charge in [0.25, 0.3) is 0 Å². The third-order valence-electron chi connectivity index (χ3n) is 6.70. The molecular formula is C23H34N4O3. The molecule has 0 aliphatic carbocycles. The van der Waals surface area contributed by atoms with Gasteiger partial charge in [-0.05, 0) is 49.9 Å². The first-order chi connectivity index (χ1) is 14.6. The summed E-state index contributed by atoms with van der Waals surface area (Å²) in [5.74, 6) is 0.277. The summed E-state index contributed by atoms with van der Waals surface area (Å²) in [6, 6.07) is 8.66. The molecule has 30 heavy (non-hydrogen) atoms. The maximum atomic E-state index is 12.9. The van der Waals surface area contributed by atoms with E-state index in [1.54, 1.807) is 6.92 Å². The second kappa shape index (κ2) is 9.90. The van der Waals surface area contributed by atoms with Crippen molar-refractivity contribution in [2.75, 3.05) is 51.3 Å². The van der Waals surface area contributed by atoms with Gasteiger partial charge in [-0.25, -0.2) is 0 Å². The number of anilines is 1. The quantitative estimate of drug-likeness (QED) is 0.798. The van der Waals surface area contributed by atoms with E-state index in [0.29, 0.717) is 6.04 Å². The number of nitrogens with one attached hydrogen (secondary N) is 1. The van der Waals surface area contributed by atoms with Crippen molar-refractivity contribution in [1.82, 2.24) is 14.7 Å². The zero-order valence-corrected chi connectivity index (χ0v) is 18.0. The molecule has 3 saturated heterocycles. The summed E-state index contributed by atoms with van der Waals surface area (Å²) in [5, 5.41) is 3.13. The minimum absolute atomic E-state index is 0.0228. The van der Waals surface area contributed by atoms with Gasteiger partial charge < -0.3 is 15.0 Å². The van der Waals surface area contributed by atoms with E-state index in [-0.39, 0.29) is 17.9 Å². The van der Waals surface area contributed by atoms with E-state index in [1.807, 2.05) is 17.0 Å². The predicted molar refractivity (Wildman–Crippen MR) is 116 cm³/mol. The van der Waals surface area contributed by atoms with Crippen LogP contribution in [0.2, 0.25) is 0 Å². The Balaban J connectivity index is 1.28. The van der Waals surface area contributed by atoms with E-state index in [4.69, 9.17) is 4.74 Å². The highest BCUT2D eigenvalue weighted by molar-refractivity contribution is 5.95. The molecule has 3 aliphatic rings. The Bertz CT molecular complexity index is 724. The molecule has 1 aromatic rings. The van der Waals surface area contributed by atoms with Gasteiger partial charge in [-0.3, -0.25) is 19.4 Å². The lowest BCUT2D eigenvalue weighted by Crippen LogP contribution is -2.47. The zero-order chi connectivity index (χ0) is 20.9. The summed E-state index contributed by atoms with van der Waals surface area (Å²) in [7, 11) is 0. The van der Waals surface area contributed by atoms with Crippen molar-refractivity contribution in [3.05, 3.63) is 29.8 Å². The molecule has 7 nitrogen and oxygen atoms in total. The van der Waals surface area contributed by atoms with Gasteiger partial charge in [-0.1, -0.05) is 12.1 Å². The Kier molecular flexibility index (Phi) is 7.02. The van der Waals surface area contributed by atoms with E-state index in [1.165, 1.54) is 5.56 Å². The molecule has 0 radical (unpaired) electrons. The van der Waals surface area contributed by atoms with Crippen LogP contribution in [0, 0.1) is 0 Å². The lowest BCUT2D eigenvalue weighted by Gasteiger charge is -2.34. The number of carbonyl (C=O) groups excluding carboxylic acids is 2. The molecule has 1 aromatic carbocycles. The maximum Gasteiger partial charge on any atom is 0.241 e. The van der Waals surface area contributed by atoms with Crippen LogP contribution in [0.3, 0.4) is 0 Å². The Morgan fingerprint density at radius 2 is 1.70 bits per heavy atom. The molecule has 0 aromatic heterocycles. The van der Waals surface area contributed by atoms with Crippen LogP contribution in [0.15, 0.2) is 24.3 Å². The average Bonchev–Trinajstić information content (AvgIpc) is 3.26. The van der Waals surface area contributed by atoms with Gasteiger partial charge in [0.15, 0.2) is 0 Å². The summed E-state index contributed by atoms with van der Waals surface area (Å²) >= 11 is 0. The van der Waals surface area contributed by atoms with Crippen molar-refractivity contribution in [3.8, 4) is 0 Å². The molecule has 3 aliphatic heterocycles. The molecule has 0 spiro atoms. The maximum absolute atomic E-state index is 12.9. The van der Waals surface area contributed by atoms with Gasteiger partial charge in [0.2, 0.25) is 11.8 Å². The van der Waals surface area contributed by atoms with Crippen molar-refractivity contribution in [1.29, 1.82) is 0 Å². The van der Waals surface area contributed by atoms with Crippen LogP contribution in [0.1, 0.15) is 38.2 Å². The second-order valence-corrected chi connectivity index (χ2v) is 8.71. The van der Waals surface area contributed by atoms with Gasteiger partial charge in [0.1, 0.15) is 0 Å². The van der Waals surface area contributed by atoms with Crippen molar-refractivity contribution < 1.29 is 14.3 Å². The molecule has 3 fully saturated rings. The Labute approximate surface area is 179 Å². The van der Waals surface area contributed by atoms with Crippen LogP contribution in [-0.2, 0) is 20.9 Å². The lowest BCUT2D eigenvalue weighted by atomic mass is 10.1. The fourth-order valence-corrected chi connectivity index (χ4v) is 4.92. The second-order valence-electron chi connectivity index (χ2n) is 8.71. The number of hydrogen-bond donors (Lipinski definition) is 1. The highest BCUT2D eigenvalue weighted by atomic mass is 16.5. The minimum Gasteiger partial charge on any atom is -0.381 e. The van der Waals surface area contributed by atoms with E-state index >= 15 is 0 Å². The zero-order valence-electron chi connectivity index (χ0n) is 18.0. The molecule has 4 rings (SSSR count). The highest BCUT2D eigenvalue weighted by Gasteiger charge is 2.35. The molecule has 0 bridgehead atoms. The molecular weight excluding hydrogens is 380 g/mol. The van der Waals surface area contributed by atoms with Crippen LogP contribution < -0.4 is 5.32 Å². The molecule has 3 heterocycles. The van der Waals surface area contributed by atoms with Crippen LogP contribution >= 0.6 is 0 Å². The van der Waals surface area contributed by atoms with Crippen molar-refractivity contribution in [2.24, 2.45) is 0 Å². The van der Waals surface area contributed by atoms with E-state index in [2.05, 4.69) is 27.2 Å². The van der Waals surface area contributed by atoms with Crippen molar-refractivity contribution >= 4 is 17.5 Å². The Morgan fingerprint density at radius 3 is 2.37 bits per heavy atom. The number of benzene rings is 1. The Morgan fingerprint density at radius 1 is 1.00 bits per heavy atom. The van der Waals surface area contributed by atoms with E-state index in [0.717, 1.165) is 83.9 Å². The molecule has 164 valence electrons. The summed E-state index contributed by atoms with van der Waals surface area (Å²) in [6.45, 7) is 8.55. The first-order valence-electron chi connectivity index (χ1n) is 11.3. The van der Waals surface area contributed by atoms with Crippen LogP contribution in [0.4, 0.5) is 5.69 Å². The fraction of sp³-hybridized carbons (Fsp3) is 0.652. The average molecular weight is 415 g/mol. The van der Waals surface area contributed by atoms with Gasteiger partial charge in [-0.15, -0.1) is 0 Å². The van der Waals surface area contributed by atoms with Gasteiger partial charge in [0.05, 0.1) is 6.04 Å². The van der Waals surface area contributed by atoms with E-state index < -0.39 is 0 Å². The van der Waals surface area contributed by atoms with Crippen molar-refractivity contribution in [2.45, 2.75) is 51.2 Å². The highest BCUT2D eigenvalue weighted by Crippen LogP contribution is 2.26. The molecule has 0 saturated carbocycles. The first kappa shape index (κ1) is 21.3. The molecule has 1 N–H and O–H groups in total. The van der Waals surface area contributed by atoms with Crippen LogP contribution in [0.25, 0.3) is 0 Å². The summed E-state index contributed by atoms with van der Waals surface area (Å²) in [4.78, 5) is 31.1. The number of piperazine rings is 1. The molecule has 0 unspecified atom stereocenters. The standard InChI is InChI=1S/C23H34N4O3/c1-18(28)26-13-11-25(12-14-26)17-19-4-6-20(7-5-19)24-23(29)22-3-2-10-27(22)21-8-15-30-16-9-21/h4-7,21-22H,2-3,8-17H2,1H3,(H,24,29)/t22-/m1/s1. The number of likely N-dealkylation sites (tertiary alicyclic amines) is 1. The number of hydrogen-bond acceptors (Lipinski definition) is 5. The normalized spacial score (nSPS) is 24.2. The Hall–Kier alpha value is -1.96. The number of amides is 2. The topological polar surface area (TPSA) is 65.1 Å². The van der Waals surface area contributed by atoms with Gasteiger partial charge in [0, 0.05) is 64.6 Å². The summed E-state index contributed by atoms with van der Waals surface area (Å²) in [5.41, 5.74) is 2.10. The minimum atomic E-state index is -0.0228. The molecule has 7 heteroatoms. The van der Waals surface area contributed by atoms with Crippen molar-refractivity contribution in [3.63, 3.8) is 0 Å². The van der Waals surface area contributed by atoms with Crippen LogP contribution in [0.5, 0.6) is 0 Å². The largest absolute Gasteiger partial charge is 0.381 e. The molecule has 1 atom stereocenters. The monoisotopic (exact) mass is 414 g/mol. The van der Waals surface area contributed by atoms with E-state index in [9.17, 15) is 9.59 Å². The predicted octanol–water partition coefficient (Wildman–Crippen LogP) is 1.93. The number of carbonyl (C=O) groups is 2. The third kappa shape index (κ3) is 5.20.